The lowest BCUT2D eigenvalue weighted by Crippen LogP contribution is -2.25. The molecular weight excluding hydrogens is 216 g/mol. The quantitative estimate of drug-likeness (QED) is 0.783. The van der Waals surface area contributed by atoms with Crippen molar-refractivity contribution in [3.63, 3.8) is 0 Å². The molecule has 17 heavy (non-hydrogen) atoms. The molecule has 1 unspecified atom stereocenters. The molecule has 0 bridgehead atoms. The van der Waals surface area contributed by atoms with Crippen LogP contribution >= 0.6 is 0 Å². The summed E-state index contributed by atoms with van der Waals surface area (Å²) in [7, 11) is 0. The van der Waals surface area contributed by atoms with Crippen molar-refractivity contribution in [1.82, 2.24) is 14.8 Å². The summed E-state index contributed by atoms with van der Waals surface area (Å²) in [5.41, 5.74) is 0.724. The number of aromatic nitrogens is 3. The number of hydrogen-bond acceptors (Lipinski definition) is 4. The van der Waals surface area contributed by atoms with Crippen LogP contribution in [0.5, 0.6) is 5.75 Å². The molecule has 1 aliphatic rings. The van der Waals surface area contributed by atoms with E-state index in [1.807, 2.05) is 16.7 Å². The van der Waals surface area contributed by atoms with Crippen molar-refractivity contribution in [3.05, 3.63) is 24.3 Å². The molecule has 1 atom stereocenters. The van der Waals surface area contributed by atoms with Crippen molar-refractivity contribution < 1.29 is 5.11 Å². The molecule has 0 saturated carbocycles. The van der Waals surface area contributed by atoms with Gasteiger partial charge in [0.2, 0.25) is 5.95 Å². The fraction of sp³-hybridized carbons (Fsp3) is 0.333. The van der Waals surface area contributed by atoms with Gasteiger partial charge in [-0.05, 0) is 18.1 Å². The molecule has 2 heterocycles. The molecule has 2 N–H and O–H groups in total. The first-order valence-corrected chi connectivity index (χ1v) is 5.71. The number of fused-ring (bicyclic) bond motifs is 1. The van der Waals surface area contributed by atoms with Crippen LogP contribution in [-0.2, 0) is 6.54 Å². The van der Waals surface area contributed by atoms with Crippen LogP contribution in [0.3, 0.4) is 0 Å². The number of rotatable bonds is 1. The first-order valence-electron chi connectivity index (χ1n) is 5.71. The highest BCUT2D eigenvalue weighted by atomic mass is 16.3. The second kappa shape index (κ2) is 3.76. The predicted molar refractivity (Wildman–Crippen MR) is 64.8 cm³/mol. The van der Waals surface area contributed by atoms with Gasteiger partial charge in [-0.2, -0.15) is 0 Å². The van der Waals surface area contributed by atoms with E-state index in [0.29, 0.717) is 5.92 Å². The third kappa shape index (κ3) is 1.63. The van der Waals surface area contributed by atoms with E-state index in [0.717, 1.165) is 30.4 Å². The summed E-state index contributed by atoms with van der Waals surface area (Å²) in [6, 6.07) is 7.20. The molecule has 88 valence electrons. The molecule has 2 aromatic rings. The Morgan fingerprint density at radius 3 is 3.00 bits per heavy atom. The first-order chi connectivity index (χ1) is 8.25. The Morgan fingerprint density at radius 1 is 1.35 bits per heavy atom. The monoisotopic (exact) mass is 230 g/mol. The molecule has 0 amide bonds. The highest BCUT2D eigenvalue weighted by molar-refractivity contribution is 5.65. The van der Waals surface area contributed by atoms with Gasteiger partial charge in [-0.15, -0.1) is 10.2 Å². The van der Waals surface area contributed by atoms with E-state index in [1.165, 1.54) is 0 Å². The van der Waals surface area contributed by atoms with Gasteiger partial charge in [0.1, 0.15) is 5.75 Å². The van der Waals surface area contributed by atoms with E-state index < -0.39 is 0 Å². The fourth-order valence-corrected chi connectivity index (χ4v) is 2.11. The van der Waals surface area contributed by atoms with Gasteiger partial charge >= 0.3 is 0 Å². The van der Waals surface area contributed by atoms with Gasteiger partial charge in [0.25, 0.3) is 0 Å². The van der Waals surface area contributed by atoms with Crippen molar-refractivity contribution in [2.24, 2.45) is 5.92 Å². The summed E-state index contributed by atoms with van der Waals surface area (Å²) in [5.74, 6) is 2.27. The summed E-state index contributed by atoms with van der Waals surface area (Å²) >= 11 is 0. The van der Waals surface area contributed by atoms with Crippen molar-refractivity contribution >= 4 is 5.95 Å². The number of nitrogens with one attached hydrogen (secondary N) is 1. The highest BCUT2D eigenvalue weighted by Gasteiger charge is 2.21. The summed E-state index contributed by atoms with van der Waals surface area (Å²) in [6.45, 7) is 3.96. The topological polar surface area (TPSA) is 63.0 Å². The minimum Gasteiger partial charge on any atom is -0.507 e. The standard InChI is InChI=1S/C12H14N4O/c1-8-6-13-12-15-14-11(16(12)7-8)9-4-2-3-5-10(9)17/h2-5,8,17H,6-7H2,1H3,(H,13,15). The molecule has 1 aromatic carbocycles. The molecule has 1 aliphatic heterocycles. The van der Waals surface area contributed by atoms with Crippen LogP contribution in [0, 0.1) is 5.92 Å². The Morgan fingerprint density at radius 2 is 2.18 bits per heavy atom. The number of hydrogen-bond donors (Lipinski definition) is 2. The van der Waals surface area contributed by atoms with E-state index >= 15 is 0 Å². The fourth-order valence-electron chi connectivity index (χ4n) is 2.11. The van der Waals surface area contributed by atoms with E-state index in [4.69, 9.17) is 0 Å². The van der Waals surface area contributed by atoms with E-state index in [2.05, 4.69) is 22.4 Å². The Bertz CT molecular complexity index is 549. The number of benzene rings is 1. The average molecular weight is 230 g/mol. The second-order valence-corrected chi connectivity index (χ2v) is 4.46. The first kappa shape index (κ1) is 10.1. The van der Waals surface area contributed by atoms with Crippen LogP contribution in [0.25, 0.3) is 11.4 Å². The molecule has 0 saturated heterocycles. The van der Waals surface area contributed by atoms with Crippen LogP contribution < -0.4 is 5.32 Å². The SMILES string of the molecule is CC1CNc2nnc(-c3ccccc3O)n2C1. The lowest BCUT2D eigenvalue weighted by Gasteiger charge is -2.22. The lowest BCUT2D eigenvalue weighted by molar-refractivity contribution is 0.469. The smallest absolute Gasteiger partial charge is 0.224 e. The largest absolute Gasteiger partial charge is 0.507 e. The van der Waals surface area contributed by atoms with Crippen LogP contribution in [-0.4, -0.2) is 26.4 Å². The normalized spacial score (nSPS) is 18.5. The molecule has 5 nitrogen and oxygen atoms in total. The van der Waals surface area contributed by atoms with E-state index in [1.54, 1.807) is 12.1 Å². The Hall–Kier alpha value is -2.04. The minimum absolute atomic E-state index is 0.237. The maximum absolute atomic E-state index is 9.85. The van der Waals surface area contributed by atoms with E-state index in [9.17, 15) is 5.11 Å². The van der Waals surface area contributed by atoms with Crippen molar-refractivity contribution in [1.29, 1.82) is 0 Å². The van der Waals surface area contributed by atoms with Gasteiger partial charge in [-0.25, -0.2) is 0 Å². The molecule has 0 fully saturated rings. The van der Waals surface area contributed by atoms with Crippen molar-refractivity contribution in [2.75, 3.05) is 11.9 Å². The number of anilines is 1. The summed E-state index contributed by atoms with van der Waals surface area (Å²) in [4.78, 5) is 0. The lowest BCUT2D eigenvalue weighted by atomic mass is 10.1. The Balaban J connectivity index is 2.11. The van der Waals surface area contributed by atoms with Gasteiger partial charge in [-0.3, -0.25) is 4.57 Å². The molecular formula is C12H14N4O. The zero-order valence-corrected chi connectivity index (χ0v) is 9.59. The molecule has 0 spiro atoms. The van der Waals surface area contributed by atoms with Gasteiger partial charge in [0.15, 0.2) is 5.82 Å². The number of phenols is 1. The number of nitrogens with zero attached hydrogens (tertiary/aromatic N) is 3. The maximum atomic E-state index is 9.85. The number of para-hydroxylation sites is 1. The van der Waals surface area contributed by atoms with Crippen molar-refractivity contribution in [2.45, 2.75) is 13.5 Å². The van der Waals surface area contributed by atoms with Crippen LogP contribution in [0.1, 0.15) is 6.92 Å². The van der Waals surface area contributed by atoms with Crippen LogP contribution in [0.2, 0.25) is 0 Å². The zero-order chi connectivity index (χ0) is 11.8. The molecule has 1 aromatic heterocycles. The minimum atomic E-state index is 0.237. The van der Waals surface area contributed by atoms with Gasteiger partial charge < -0.3 is 10.4 Å². The molecule has 0 radical (unpaired) electrons. The number of aromatic hydroxyl groups is 1. The van der Waals surface area contributed by atoms with Gasteiger partial charge in [-0.1, -0.05) is 19.1 Å². The zero-order valence-electron chi connectivity index (χ0n) is 9.59. The van der Waals surface area contributed by atoms with Gasteiger partial charge in [0, 0.05) is 13.1 Å². The summed E-state index contributed by atoms with van der Waals surface area (Å²) in [6.07, 6.45) is 0. The third-order valence-corrected chi connectivity index (χ3v) is 3.00. The van der Waals surface area contributed by atoms with Crippen LogP contribution in [0.4, 0.5) is 5.95 Å². The van der Waals surface area contributed by atoms with Crippen molar-refractivity contribution in [3.8, 4) is 17.1 Å². The number of phenolic OH excluding ortho intramolecular Hbond substituents is 1. The predicted octanol–water partition coefficient (Wildman–Crippen LogP) is 1.71. The maximum Gasteiger partial charge on any atom is 0.224 e. The highest BCUT2D eigenvalue weighted by Crippen LogP contribution is 2.30. The Kier molecular flexibility index (Phi) is 2.24. The Labute approximate surface area is 99.1 Å². The van der Waals surface area contributed by atoms with Gasteiger partial charge in [0.05, 0.1) is 5.56 Å². The second-order valence-electron chi connectivity index (χ2n) is 4.46. The van der Waals surface area contributed by atoms with Crippen LogP contribution in [0.15, 0.2) is 24.3 Å². The van der Waals surface area contributed by atoms with E-state index in [-0.39, 0.29) is 5.75 Å². The summed E-state index contributed by atoms with van der Waals surface area (Å²) in [5, 5.41) is 21.3. The summed E-state index contributed by atoms with van der Waals surface area (Å²) < 4.78 is 2.02. The molecule has 5 heteroatoms. The average Bonchev–Trinajstić information content (AvgIpc) is 2.72. The molecule has 3 rings (SSSR count). The molecule has 0 aliphatic carbocycles. The third-order valence-electron chi connectivity index (χ3n) is 3.00.